The maximum Gasteiger partial charge on any atom is 0.274 e. The fraction of sp³-hybridized carbons (Fsp3) is 0.261. The fourth-order valence-corrected chi connectivity index (χ4v) is 3.42. The minimum atomic E-state index is -0.260. The van der Waals surface area contributed by atoms with Gasteiger partial charge in [0.25, 0.3) is 5.91 Å². The predicted octanol–water partition coefficient (Wildman–Crippen LogP) is 4.69. The molecule has 0 radical (unpaired) electrons. The number of nitrogens with zero attached hydrogens (tertiary/aromatic N) is 3. The Kier molecular flexibility index (Phi) is 5.42. The van der Waals surface area contributed by atoms with E-state index in [0.29, 0.717) is 11.6 Å². The van der Waals surface area contributed by atoms with E-state index in [0.717, 1.165) is 24.5 Å². The molecular weight excluding hydrogens is 362 g/mol. The minimum absolute atomic E-state index is 0.260. The van der Waals surface area contributed by atoms with E-state index in [9.17, 15) is 4.79 Å². The molecule has 0 bridgehead atoms. The third-order valence-corrected chi connectivity index (χ3v) is 5.25. The lowest BCUT2D eigenvalue weighted by atomic mass is 10.1. The van der Waals surface area contributed by atoms with Crippen LogP contribution in [0.1, 0.15) is 34.5 Å². The normalized spacial score (nSPS) is 13.4. The van der Waals surface area contributed by atoms with E-state index in [2.05, 4.69) is 39.3 Å². The lowest BCUT2D eigenvalue weighted by molar-refractivity contribution is 0.102. The number of nitrogens with one attached hydrogen (secondary N) is 2. The summed E-state index contributed by atoms with van der Waals surface area (Å²) in [6.45, 7) is 6.32. The smallest absolute Gasteiger partial charge is 0.274 e. The van der Waals surface area contributed by atoms with Gasteiger partial charge in [0, 0.05) is 36.3 Å². The molecule has 0 unspecified atom stereocenters. The largest absolute Gasteiger partial charge is 0.372 e. The Balaban J connectivity index is 1.43. The Bertz CT molecular complexity index is 1010. The van der Waals surface area contributed by atoms with Gasteiger partial charge in [-0.3, -0.25) is 4.79 Å². The van der Waals surface area contributed by atoms with Gasteiger partial charge in [-0.15, -0.1) is 0 Å². The monoisotopic (exact) mass is 387 g/mol. The fourth-order valence-electron chi connectivity index (χ4n) is 3.42. The van der Waals surface area contributed by atoms with E-state index >= 15 is 0 Å². The molecule has 4 rings (SSSR count). The molecule has 1 fully saturated rings. The Hall–Kier alpha value is -3.41. The van der Waals surface area contributed by atoms with Gasteiger partial charge >= 0.3 is 0 Å². The highest BCUT2D eigenvalue weighted by molar-refractivity contribution is 6.03. The van der Waals surface area contributed by atoms with E-state index in [1.54, 1.807) is 12.3 Å². The second-order valence-electron chi connectivity index (χ2n) is 7.38. The maximum absolute atomic E-state index is 12.6. The van der Waals surface area contributed by atoms with Crippen LogP contribution in [-0.2, 0) is 0 Å². The number of aromatic nitrogens is 2. The number of hydrogen-bond donors (Lipinski definition) is 2. The first-order chi connectivity index (χ1) is 14.1. The Morgan fingerprint density at radius 3 is 2.38 bits per heavy atom. The van der Waals surface area contributed by atoms with Gasteiger partial charge in [-0.05, 0) is 80.3 Å². The third-order valence-electron chi connectivity index (χ3n) is 5.25. The highest BCUT2D eigenvalue weighted by Crippen LogP contribution is 2.22. The van der Waals surface area contributed by atoms with E-state index in [1.165, 1.54) is 29.7 Å². The summed E-state index contributed by atoms with van der Waals surface area (Å²) in [4.78, 5) is 23.6. The van der Waals surface area contributed by atoms with Gasteiger partial charge in [0.2, 0.25) is 5.95 Å². The molecule has 0 spiro atoms. The highest BCUT2D eigenvalue weighted by Gasteiger charge is 2.13. The molecule has 1 aliphatic heterocycles. The molecule has 3 aromatic rings. The summed E-state index contributed by atoms with van der Waals surface area (Å²) >= 11 is 0. The standard InChI is InChI=1S/C23H25N5O/c1-16-5-6-19(15-17(16)2)26-23-24-12-11-21(27-23)22(29)25-18-7-9-20(10-8-18)28-13-3-4-14-28/h5-12,15H,3-4,13-14H2,1-2H3,(H,25,29)(H,24,26,27). The molecule has 2 N–H and O–H groups in total. The summed E-state index contributed by atoms with van der Waals surface area (Å²) in [5.74, 6) is 0.134. The lowest BCUT2D eigenvalue weighted by Crippen LogP contribution is -2.18. The number of carbonyl (C=O) groups excluding carboxylic acids is 1. The van der Waals surface area contributed by atoms with Crippen molar-refractivity contribution in [1.82, 2.24) is 9.97 Å². The van der Waals surface area contributed by atoms with Crippen molar-refractivity contribution in [3.63, 3.8) is 0 Å². The summed E-state index contributed by atoms with van der Waals surface area (Å²) in [6, 6.07) is 15.6. The maximum atomic E-state index is 12.6. The molecule has 6 heteroatoms. The molecule has 1 amide bonds. The van der Waals surface area contributed by atoms with E-state index in [1.807, 2.05) is 42.5 Å². The number of benzene rings is 2. The Labute approximate surface area is 171 Å². The minimum Gasteiger partial charge on any atom is -0.372 e. The van der Waals surface area contributed by atoms with E-state index in [-0.39, 0.29) is 5.91 Å². The van der Waals surface area contributed by atoms with Crippen LogP contribution in [0.3, 0.4) is 0 Å². The number of rotatable bonds is 5. The van der Waals surface area contributed by atoms with Crippen molar-refractivity contribution in [1.29, 1.82) is 0 Å². The van der Waals surface area contributed by atoms with Gasteiger partial charge in [0.15, 0.2) is 0 Å². The van der Waals surface area contributed by atoms with Crippen molar-refractivity contribution >= 4 is 28.9 Å². The Morgan fingerprint density at radius 2 is 1.66 bits per heavy atom. The van der Waals surface area contributed by atoms with Gasteiger partial charge in [0.05, 0.1) is 0 Å². The number of carbonyl (C=O) groups is 1. The van der Waals surface area contributed by atoms with Crippen LogP contribution in [-0.4, -0.2) is 29.0 Å². The van der Waals surface area contributed by atoms with Crippen molar-refractivity contribution in [3.05, 3.63) is 71.5 Å². The van der Waals surface area contributed by atoms with Crippen LogP contribution in [0.5, 0.6) is 0 Å². The molecule has 148 valence electrons. The molecule has 1 aromatic heterocycles. The quantitative estimate of drug-likeness (QED) is 0.665. The zero-order chi connectivity index (χ0) is 20.2. The van der Waals surface area contributed by atoms with Crippen molar-refractivity contribution < 1.29 is 4.79 Å². The predicted molar refractivity (Wildman–Crippen MR) is 117 cm³/mol. The second kappa shape index (κ2) is 8.31. The van der Waals surface area contributed by atoms with Crippen LogP contribution in [0.25, 0.3) is 0 Å². The van der Waals surface area contributed by atoms with Crippen molar-refractivity contribution in [2.75, 3.05) is 28.6 Å². The summed E-state index contributed by atoms with van der Waals surface area (Å²) < 4.78 is 0. The first-order valence-corrected chi connectivity index (χ1v) is 9.92. The zero-order valence-electron chi connectivity index (χ0n) is 16.8. The van der Waals surface area contributed by atoms with Crippen LogP contribution < -0.4 is 15.5 Å². The van der Waals surface area contributed by atoms with Crippen LogP contribution in [0, 0.1) is 13.8 Å². The molecule has 0 aliphatic carbocycles. The molecule has 1 aliphatic rings. The molecule has 0 atom stereocenters. The summed E-state index contributed by atoms with van der Waals surface area (Å²) in [6.07, 6.45) is 4.07. The average Bonchev–Trinajstić information content (AvgIpc) is 3.26. The van der Waals surface area contributed by atoms with Crippen LogP contribution in [0.4, 0.5) is 23.0 Å². The van der Waals surface area contributed by atoms with Crippen LogP contribution in [0.2, 0.25) is 0 Å². The topological polar surface area (TPSA) is 70.2 Å². The summed E-state index contributed by atoms with van der Waals surface area (Å²) in [5.41, 5.74) is 5.56. The number of amides is 1. The number of anilines is 4. The SMILES string of the molecule is Cc1ccc(Nc2nccc(C(=O)Nc3ccc(N4CCCC4)cc3)n2)cc1C. The Morgan fingerprint density at radius 1 is 0.931 bits per heavy atom. The molecular formula is C23H25N5O. The third kappa shape index (κ3) is 4.54. The molecule has 2 aromatic carbocycles. The molecule has 2 heterocycles. The summed E-state index contributed by atoms with van der Waals surface area (Å²) in [7, 11) is 0. The van der Waals surface area contributed by atoms with E-state index in [4.69, 9.17) is 0 Å². The van der Waals surface area contributed by atoms with E-state index < -0.39 is 0 Å². The number of aryl methyl sites for hydroxylation is 2. The highest BCUT2D eigenvalue weighted by atomic mass is 16.1. The molecule has 6 nitrogen and oxygen atoms in total. The zero-order valence-corrected chi connectivity index (χ0v) is 16.8. The first-order valence-electron chi connectivity index (χ1n) is 9.92. The van der Waals surface area contributed by atoms with Gasteiger partial charge in [0.1, 0.15) is 5.69 Å². The number of hydrogen-bond acceptors (Lipinski definition) is 5. The average molecular weight is 387 g/mol. The second-order valence-corrected chi connectivity index (χ2v) is 7.38. The lowest BCUT2D eigenvalue weighted by Gasteiger charge is -2.17. The van der Waals surface area contributed by atoms with Gasteiger partial charge < -0.3 is 15.5 Å². The van der Waals surface area contributed by atoms with Crippen molar-refractivity contribution in [2.24, 2.45) is 0 Å². The van der Waals surface area contributed by atoms with Crippen LogP contribution in [0.15, 0.2) is 54.7 Å². The van der Waals surface area contributed by atoms with Gasteiger partial charge in [-0.2, -0.15) is 0 Å². The molecule has 29 heavy (non-hydrogen) atoms. The molecule has 0 saturated carbocycles. The first kappa shape index (κ1) is 18.9. The van der Waals surface area contributed by atoms with Crippen molar-refractivity contribution in [2.45, 2.75) is 26.7 Å². The van der Waals surface area contributed by atoms with Crippen molar-refractivity contribution in [3.8, 4) is 0 Å². The molecule has 1 saturated heterocycles. The van der Waals surface area contributed by atoms with Crippen LogP contribution >= 0.6 is 0 Å². The van der Waals surface area contributed by atoms with Gasteiger partial charge in [-0.1, -0.05) is 6.07 Å². The summed E-state index contributed by atoms with van der Waals surface area (Å²) in [5, 5.41) is 6.07. The van der Waals surface area contributed by atoms with Gasteiger partial charge in [-0.25, -0.2) is 9.97 Å².